The van der Waals surface area contributed by atoms with E-state index in [1.165, 1.54) is 32.1 Å². The Morgan fingerprint density at radius 2 is 1.82 bits per heavy atom. The van der Waals surface area contributed by atoms with Crippen LogP contribution in [0.4, 0.5) is 0 Å². The molecule has 0 radical (unpaired) electrons. The first-order valence-corrected chi connectivity index (χ1v) is 4.91. The molecule has 1 heteroatoms. The summed E-state index contributed by atoms with van der Waals surface area (Å²) in [5, 5.41) is 0. The molecule has 0 aromatic rings. The average molecular weight is 150 g/mol. The van der Waals surface area contributed by atoms with Gasteiger partial charge in [0.05, 0.1) is 0 Å². The lowest BCUT2D eigenvalue weighted by atomic mass is 9.58. The molecule has 0 spiro atoms. The lowest BCUT2D eigenvalue weighted by Crippen LogP contribution is -2.48. The second-order valence-electron chi connectivity index (χ2n) is 4.46. The van der Waals surface area contributed by atoms with Crippen molar-refractivity contribution in [3.63, 3.8) is 0 Å². The normalized spacial score (nSPS) is 53.6. The highest BCUT2D eigenvalue weighted by Crippen LogP contribution is 2.57. The first-order chi connectivity index (χ1) is 5.38. The fourth-order valence-electron chi connectivity index (χ4n) is 3.67. The van der Waals surface area contributed by atoms with E-state index in [0.717, 1.165) is 11.8 Å². The van der Waals surface area contributed by atoms with Gasteiger partial charge in [0.15, 0.2) is 0 Å². The van der Waals surface area contributed by atoms with Crippen LogP contribution in [0.1, 0.15) is 32.1 Å². The molecule has 3 saturated carbocycles. The van der Waals surface area contributed by atoms with Crippen LogP contribution in [-0.4, -0.2) is 5.78 Å². The van der Waals surface area contributed by atoms with Crippen LogP contribution in [0.3, 0.4) is 0 Å². The summed E-state index contributed by atoms with van der Waals surface area (Å²) < 4.78 is 0. The van der Waals surface area contributed by atoms with Gasteiger partial charge in [0.2, 0.25) is 0 Å². The molecule has 0 bridgehead atoms. The van der Waals surface area contributed by atoms with E-state index in [2.05, 4.69) is 0 Å². The van der Waals surface area contributed by atoms with Gasteiger partial charge in [-0.1, -0.05) is 12.8 Å². The Hall–Kier alpha value is -0.330. The van der Waals surface area contributed by atoms with Crippen molar-refractivity contribution in [2.45, 2.75) is 32.1 Å². The second kappa shape index (κ2) is 1.88. The number of carbonyl (C=O) groups is 1. The maximum Gasteiger partial charge on any atom is 0.139 e. The highest BCUT2D eigenvalue weighted by Gasteiger charge is 2.56. The van der Waals surface area contributed by atoms with E-state index in [0.29, 0.717) is 17.6 Å². The molecular weight excluding hydrogens is 136 g/mol. The van der Waals surface area contributed by atoms with Crippen LogP contribution >= 0.6 is 0 Å². The van der Waals surface area contributed by atoms with E-state index in [1.807, 2.05) is 0 Å². The van der Waals surface area contributed by atoms with Gasteiger partial charge in [-0.2, -0.15) is 0 Å². The third-order valence-electron chi connectivity index (χ3n) is 4.14. The number of hydrogen-bond donors (Lipinski definition) is 0. The van der Waals surface area contributed by atoms with Gasteiger partial charge in [-0.05, 0) is 31.1 Å². The largest absolute Gasteiger partial charge is 0.299 e. The topological polar surface area (TPSA) is 17.1 Å². The number of carbonyl (C=O) groups excluding carboxylic acids is 1. The minimum absolute atomic E-state index is 0.529. The predicted molar refractivity (Wildman–Crippen MR) is 42.1 cm³/mol. The highest BCUT2D eigenvalue weighted by molar-refractivity contribution is 5.90. The van der Waals surface area contributed by atoms with Crippen molar-refractivity contribution in [2.24, 2.45) is 23.7 Å². The van der Waals surface area contributed by atoms with Gasteiger partial charge in [0.1, 0.15) is 5.78 Å². The lowest BCUT2D eigenvalue weighted by Gasteiger charge is -2.45. The Morgan fingerprint density at radius 1 is 1.00 bits per heavy atom. The molecule has 0 heterocycles. The molecule has 3 fully saturated rings. The predicted octanol–water partition coefficient (Wildman–Crippen LogP) is 2.01. The molecule has 0 aliphatic heterocycles. The molecule has 4 unspecified atom stereocenters. The van der Waals surface area contributed by atoms with Crippen molar-refractivity contribution < 1.29 is 4.79 Å². The van der Waals surface area contributed by atoms with Crippen LogP contribution in [-0.2, 0) is 4.79 Å². The van der Waals surface area contributed by atoms with E-state index in [1.54, 1.807) is 0 Å². The van der Waals surface area contributed by atoms with Crippen molar-refractivity contribution >= 4 is 5.78 Å². The van der Waals surface area contributed by atoms with Gasteiger partial charge >= 0.3 is 0 Å². The Labute approximate surface area is 67.2 Å². The van der Waals surface area contributed by atoms with Crippen LogP contribution in [0.5, 0.6) is 0 Å². The molecule has 0 saturated heterocycles. The molecule has 0 aromatic heterocycles. The number of ketones is 1. The van der Waals surface area contributed by atoms with E-state index in [9.17, 15) is 4.79 Å². The van der Waals surface area contributed by atoms with Gasteiger partial charge in [-0.25, -0.2) is 0 Å². The molecule has 11 heavy (non-hydrogen) atoms. The van der Waals surface area contributed by atoms with Crippen LogP contribution in [0.15, 0.2) is 0 Å². The third kappa shape index (κ3) is 0.605. The van der Waals surface area contributed by atoms with Gasteiger partial charge in [0.25, 0.3) is 0 Å². The third-order valence-corrected chi connectivity index (χ3v) is 4.14. The van der Waals surface area contributed by atoms with Crippen molar-refractivity contribution in [3.8, 4) is 0 Å². The molecule has 60 valence electrons. The molecule has 0 amide bonds. The lowest BCUT2D eigenvalue weighted by molar-refractivity contribution is -0.145. The van der Waals surface area contributed by atoms with Gasteiger partial charge in [-0.3, -0.25) is 4.79 Å². The summed E-state index contributed by atoms with van der Waals surface area (Å²) in [6.45, 7) is 0. The Morgan fingerprint density at radius 3 is 2.73 bits per heavy atom. The molecule has 3 aliphatic carbocycles. The van der Waals surface area contributed by atoms with Crippen molar-refractivity contribution in [2.75, 3.05) is 0 Å². The zero-order chi connectivity index (χ0) is 7.42. The SMILES string of the molecule is O=C1C2CCCC3CCC1C32. The number of rotatable bonds is 0. The first-order valence-electron chi connectivity index (χ1n) is 4.91. The molecule has 3 rings (SSSR count). The van der Waals surface area contributed by atoms with Crippen molar-refractivity contribution in [1.29, 1.82) is 0 Å². The van der Waals surface area contributed by atoms with E-state index in [-0.39, 0.29) is 0 Å². The maximum atomic E-state index is 11.5. The second-order valence-corrected chi connectivity index (χ2v) is 4.46. The minimum atomic E-state index is 0.529. The summed E-state index contributed by atoms with van der Waals surface area (Å²) in [6.07, 6.45) is 6.55. The summed E-state index contributed by atoms with van der Waals surface area (Å²) in [7, 11) is 0. The fraction of sp³-hybridized carbons (Fsp3) is 0.900. The van der Waals surface area contributed by atoms with Crippen molar-refractivity contribution in [1.82, 2.24) is 0 Å². The van der Waals surface area contributed by atoms with Crippen molar-refractivity contribution in [3.05, 3.63) is 0 Å². The number of hydrogen-bond acceptors (Lipinski definition) is 1. The zero-order valence-corrected chi connectivity index (χ0v) is 6.75. The zero-order valence-electron chi connectivity index (χ0n) is 6.75. The fourth-order valence-corrected chi connectivity index (χ4v) is 3.67. The van der Waals surface area contributed by atoms with E-state index in [4.69, 9.17) is 0 Å². The number of Topliss-reactive ketones (excluding diaryl/α,β-unsaturated/α-hetero) is 1. The molecule has 4 atom stereocenters. The van der Waals surface area contributed by atoms with Crippen LogP contribution in [0, 0.1) is 23.7 Å². The Bertz CT molecular complexity index is 209. The smallest absolute Gasteiger partial charge is 0.139 e. The van der Waals surface area contributed by atoms with E-state index >= 15 is 0 Å². The van der Waals surface area contributed by atoms with Crippen LogP contribution in [0.25, 0.3) is 0 Å². The van der Waals surface area contributed by atoms with Gasteiger partial charge in [0, 0.05) is 11.8 Å². The minimum Gasteiger partial charge on any atom is -0.299 e. The summed E-state index contributed by atoms with van der Waals surface area (Å²) in [6, 6.07) is 0. The average Bonchev–Trinajstić information content (AvgIpc) is 2.44. The first kappa shape index (κ1) is 6.22. The quantitative estimate of drug-likeness (QED) is 0.516. The van der Waals surface area contributed by atoms with E-state index < -0.39 is 0 Å². The standard InChI is InChI=1S/C10H14O/c11-10-7-3-1-2-6-4-5-8(10)9(6)7/h6-9H,1-5H2. The Kier molecular flexibility index (Phi) is 1.06. The molecule has 0 N–H and O–H groups in total. The molecular formula is C10H14O. The summed E-state index contributed by atoms with van der Waals surface area (Å²) >= 11 is 0. The maximum absolute atomic E-state index is 11.5. The molecule has 0 aromatic carbocycles. The highest BCUT2D eigenvalue weighted by atomic mass is 16.1. The monoisotopic (exact) mass is 150 g/mol. The van der Waals surface area contributed by atoms with Crippen LogP contribution in [0.2, 0.25) is 0 Å². The summed E-state index contributed by atoms with van der Waals surface area (Å²) in [5.74, 6) is 3.50. The Balaban J connectivity index is 1.92. The van der Waals surface area contributed by atoms with Crippen LogP contribution < -0.4 is 0 Å². The molecule has 3 aliphatic rings. The summed E-state index contributed by atoms with van der Waals surface area (Å²) in [4.78, 5) is 11.5. The summed E-state index contributed by atoms with van der Waals surface area (Å²) in [5.41, 5.74) is 0. The van der Waals surface area contributed by atoms with Gasteiger partial charge < -0.3 is 0 Å². The molecule has 1 nitrogen and oxygen atoms in total. The van der Waals surface area contributed by atoms with Gasteiger partial charge in [-0.15, -0.1) is 0 Å².